The molecule has 2 heterocycles. The lowest BCUT2D eigenvalue weighted by Crippen LogP contribution is -2.49. The molecule has 1 atom stereocenters. The SMILES string of the molecule is Cc1cccc(CNC(=O)C(C)C2CNC2)n1. The number of nitrogens with zero attached hydrogens (tertiary/aromatic N) is 1. The zero-order valence-electron chi connectivity index (χ0n) is 10.4. The van der Waals surface area contributed by atoms with E-state index < -0.39 is 0 Å². The van der Waals surface area contributed by atoms with Crippen molar-refractivity contribution in [1.82, 2.24) is 15.6 Å². The summed E-state index contributed by atoms with van der Waals surface area (Å²) in [7, 11) is 0. The first-order valence-electron chi connectivity index (χ1n) is 6.08. The van der Waals surface area contributed by atoms with Crippen LogP contribution in [0, 0.1) is 18.8 Å². The highest BCUT2D eigenvalue weighted by Crippen LogP contribution is 2.15. The Morgan fingerprint density at radius 2 is 2.35 bits per heavy atom. The number of hydrogen-bond donors (Lipinski definition) is 2. The Kier molecular flexibility index (Phi) is 3.74. The first kappa shape index (κ1) is 12.0. The van der Waals surface area contributed by atoms with Crippen LogP contribution in [0.1, 0.15) is 18.3 Å². The van der Waals surface area contributed by atoms with E-state index >= 15 is 0 Å². The molecule has 1 amide bonds. The molecular formula is C13H19N3O. The van der Waals surface area contributed by atoms with Crippen molar-refractivity contribution < 1.29 is 4.79 Å². The van der Waals surface area contributed by atoms with E-state index in [4.69, 9.17) is 0 Å². The fourth-order valence-electron chi connectivity index (χ4n) is 1.92. The van der Waals surface area contributed by atoms with Gasteiger partial charge in [0.15, 0.2) is 0 Å². The molecule has 2 N–H and O–H groups in total. The predicted octanol–water partition coefficient (Wildman–Crippen LogP) is 0.862. The van der Waals surface area contributed by atoms with Gasteiger partial charge in [-0.05, 0) is 38.1 Å². The van der Waals surface area contributed by atoms with Crippen molar-refractivity contribution in [2.75, 3.05) is 13.1 Å². The van der Waals surface area contributed by atoms with Crippen molar-refractivity contribution in [2.45, 2.75) is 20.4 Å². The van der Waals surface area contributed by atoms with Gasteiger partial charge in [0.2, 0.25) is 5.91 Å². The first-order chi connectivity index (χ1) is 8.16. The molecule has 1 aromatic heterocycles. The van der Waals surface area contributed by atoms with Crippen molar-refractivity contribution in [2.24, 2.45) is 11.8 Å². The van der Waals surface area contributed by atoms with Crippen LogP contribution in [0.3, 0.4) is 0 Å². The van der Waals surface area contributed by atoms with Crippen LogP contribution < -0.4 is 10.6 Å². The van der Waals surface area contributed by atoms with Gasteiger partial charge in [0, 0.05) is 11.6 Å². The molecule has 17 heavy (non-hydrogen) atoms. The fraction of sp³-hybridized carbons (Fsp3) is 0.538. The number of hydrogen-bond acceptors (Lipinski definition) is 3. The quantitative estimate of drug-likeness (QED) is 0.811. The first-order valence-corrected chi connectivity index (χ1v) is 6.08. The number of aryl methyl sites for hydroxylation is 1. The highest BCUT2D eigenvalue weighted by Gasteiger charge is 2.28. The summed E-state index contributed by atoms with van der Waals surface area (Å²) in [6.07, 6.45) is 0. The van der Waals surface area contributed by atoms with Crippen LogP contribution in [-0.4, -0.2) is 24.0 Å². The molecule has 4 nitrogen and oxygen atoms in total. The van der Waals surface area contributed by atoms with Gasteiger partial charge in [-0.15, -0.1) is 0 Å². The smallest absolute Gasteiger partial charge is 0.223 e. The normalized spacial score (nSPS) is 17.3. The zero-order chi connectivity index (χ0) is 12.3. The summed E-state index contributed by atoms with van der Waals surface area (Å²) in [5, 5.41) is 6.13. The van der Waals surface area contributed by atoms with Gasteiger partial charge in [-0.25, -0.2) is 0 Å². The summed E-state index contributed by atoms with van der Waals surface area (Å²) in [5.41, 5.74) is 1.89. The Bertz CT molecular complexity index is 401. The molecule has 1 aromatic rings. The molecular weight excluding hydrogens is 214 g/mol. The van der Waals surface area contributed by atoms with Crippen LogP contribution in [0.2, 0.25) is 0 Å². The Labute approximate surface area is 102 Å². The van der Waals surface area contributed by atoms with Gasteiger partial charge < -0.3 is 10.6 Å². The zero-order valence-corrected chi connectivity index (χ0v) is 10.4. The number of pyridine rings is 1. The van der Waals surface area contributed by atoms with Crippen molar-refractivity contribution >= 4 is 5.91 Å². The average molecular weight is 233 g/mol. The van der Waals surface area contributed by atoms with E-state index in [1.807, 2.05) is 32.0 Å². The summed E-state index contributed by atoms with van der Waals surface area (Å²) in [6.45, 7) is 6.37. The monoisotopic (exact) mass is 233 g/mol. The van der Waals surface area contributed by atoms with Gasteiger partial charge in [-0.1, -0.05) is 13.0 Å². The average Bonchev–Trinajstić information content (AvgIpc) is 2.23. The number of aromatic nitrogens is 1. The van der Waals surface area contributed by atoms with Gasteiger partial charge >= 0.3 is 0 Å². The van der Waals surface area contributed by atoms with Crippen LogP contribution in [-0.2, 0) is 11.3 Å². The second-order valence-electron chi connectivity index (χ2n) is 4.70. The van der Waals surface area contributed by atoms with E-state index in [9.17, 15) is 4.79 Å². The van der Waals surface area contributed by atoms with Crippen LogP contribution in [0.5, 0.6) is 0 Å². The van der Waals surface area contributed by atoms with Crippen molar-refractivity contribution in [3.63, 3.8) is 0 Å². The largest absolute Gasteiger partial charge is 0.350 e. The minimum Gasteiger partial charge on any atom is -0.350 e. The Morgan fingerprint density at radius 3 is 2.94 bits per heavy atom. The van der Waals surface area contributed by atoms with E-state index in [1.165, 1.54) is 0 Å². The van der Waals surface area contributed by atoms with Crippen molar-refractivity contribution in [3.05, 3.63) is 29.6 Å². The summed E-state index contributed by atoms with van der Waals surface area (Å²) in [5.74, 6) is 0.696. The Morgan fingerprint density at radius 1 is 1.59 bits per heavy atom. The minimum atomic E-state index is 0.0843. The highest BCUT2D eigenvalue weighted by atomic mass is 16.1. The molecule has 1 saturated heterocycles. The molecule has 0 radical (unpaired) electrons. The number of amides is 1. The molecule has 1 aliphatic rings. The molecule has 2 rings (SSSR count). The minimum absolute atomic E-state index is 0.0843. The second kappa shape index (κ2) is 5.27. The summed E-state index contributed by atoms with van der Waals surface area (Å²) < 4.78 is 0. The lowest BCUT2D eigenvalue weighted by Gasteiger charge is -2.31. The molecule has 0 bridgehead atoms. The number of carbonyl (C=O) groups excluding carboxylic acids is 1. The maximum atomic E-state index is 11.9. The number of nitrogens with one attached hydrogen (secondary N) is 2. The predicted molar refractivity (Wildman–Crippen MR) is 66.3 cm³/mol. The third-order valence-electron chi connectivity index (χ3n) is 3.32. The van der Waals surface area contributed by atoms with E-state index in [0.29, 0.717) is 12.5 Å². The topological polar surface area (TPSA) is 54.0 Å². The van der Waals surface area contributed by atoms with Crippen molar-refractivity contribution in [3.8, 4) is 0 Å². The maximum absolute atomic E-state index is 11.9. The van der Waals surface area contributed by atoms with Gasteiger partial charge in [-0.2, -0.15) is 0 Å². The Balaban J connectivity index is 1.83. The van der Waals surface area contributed by atoms with Crippen LogP contribution in [0.15, 0.2) is 18.2 Å². The van der Waals surface area contributed by atoms with E-state index in [-0.39, 0.29) is 11.8 Å². The molecule has 1 unspecified atom stereocenters. The van der Waals surface area contributed by atoms with Gasteiger partial charge in [0.1, 0.15) is 0 Å². The summed E-state index contributed by atoms with van der Waals surface area (Å²) in [4.78, 5) is 16.2. The van der Waals surface area contributed by atoms with E-state index in [0.717, 1.165) is 24.5 Å². The summed E-state index contributed by atoms with van der Waals surface area (Å²) >= 11 is 0. The number of rotatable bonds is 4. The fourth-order valence-corrected chi connectivity index (χ4v) is 1.92. The molecule has 0 aliphatic carbocycles. The molecule has 1 fully saturated rings. The molecule has 0 saturated carbocycles. The lowest BCUT2D eigenvalue weighted by atomic mass is 9.88. The van der Waals surface area contributed by atoms with Crippen LogP contribution in [0.25, 0.3) is 0 Å². The Hall–Kier alpha value is -1.42. The van der Waals surface area contributed by atoms with Gasteiger partial charge in [0.05, 0.1) is 12.2 Å². The van der Waals surface area contributed by atoms with Gasteiger partial charge in [-0.3, -0.25) is 9.78 Å². The van der Waals surface area contributed by atoms with E-state index in [1.54, 1.807) is 0 Å². The number of carbonyl (C=O) groups is 1. The molecule has 0 aromatic carbocycles. The van der Waals surface area contributed by atoms with Crippen LogP contribution in [0.4, 0.5) is 0 Å². The van der Waals surface area contributed by atoms with Crippen molar-refractivity contribution in [1.29, 1.82) is 0 Å². The van der Waals surface area contributed by atoms with Crippen LogP contribution >= 0.6 is 0 Å². The summed E-state index contributed by atoms with van der Waals surface area (Å²) in [6, 6.07) is 5.85. The molecule has 4 heteroatoms. The standard InChI is InChI=1S/C13H19N3O/c1-9-4-3-5-12(16-9)8-15-13(17)10(2)11-6-14-7-11/h3-5,10-11,14H,6-8H2,1-2H3,(H,15,17). The molecule has 1 aliphatic heterocycles. The van der Waals surface area contributed by atoms with Gasteiger partial charge in [0.25, 0.3) is 0 Å². The third kappa shape index (κ3) is 3.03. The second-order valence-corrected chi connectivity index (χ2v) is 4.70. The highest BCUT2D eigenvalue weighted by molar-refractivity contribution is 5.78. The third-order valence-corrected chi connectivity index (χ3v) is 3.32. The maximum Gasteiger partial charge on any atom is 0.223 e. The molecule has 92 valence electrons. The molecule has 0 spiro atoms. The lowest BCUT2D eigenvalue weighted by molar-refractivity contribution is -0.126. The van der Waals surface area contributed by atoms with E-state index in [2.05, 4.69) is 15.6 Å².